The number of methoxy groups -OCH3 is 1. The van der Waals surface area contributed by atoms with E-state index < -0.39 is 11.7 Å². The van der Waals surface area contributed by atoms with E-state index in [1.165, 1.54) is 13.2 Å². The lowest BCUT2D eigenvalue weighted by Crippen LogP contribution is -2.06. The van der Waals surface area contributed by atoms with E-state index in [2.05, 4.69) is 0 Å². The first-order valence-corrected chi connectivity index (χ1v) is 5.68. The molecule has 0 aliphatic heterocycles. The van der Waals surface area contributed by atoms with Gasteiger partial charge in [-0.15, -0.1) is 0 Å². The molecular formula is C14H12F3NO2. The number of anilines is 1. The van der Waals surface area contributed by atoms with Crippen LogP contribution >= 0.6 is 0 Å². The fraction of sp³-hybridized carbons (Fsp3) is 0.143. The molecule has 0 bridgehead atoms. The molecule has 0 aromatic heterocycles. The fourth-order valence-electron chi connectivity index (χ4n) is 1.62. The van der Waals surface area contributed by atoms with E-state index in [9.17, 15) is 13.2 Å². The Balaban J connectivity index is 2.26. The maximum absolute atomic E-state index is 12.7. The molecule has 0 spiro atoms. The van der Waals surface area contributed by atoms with Crippen LogP contribution in [0.25, 0.3) is 0 Å². The van der Waals surface area contributed by atoms with Crippen molar-refractivity contribution in [2.75, 3.05) is 12.8 Å². The molecule has 0 radical (unpaired) electrons. The van der Waals surface area contributed by atoms with Crippen LogP contribution in [-0.4, -0.2) is 7.11 Å². The zero-order chi connectivity index (χ0) is 14.8. The van der Waals surface area contributed by atoms with E-state index in [0.717, 1.165) is 12.1 Å². The van der Waals surface area contributed by atoms with Gasteiger partial charge < -0.3 is 15.2 Å². The molecule has 2 N–H and O–H groups in total. The third-order valence-electron chi connectivity index (χ3n) is 2.55. The maximum Gasteiger partial charge on any atom is 0.416 e. The third-order valence-corrected chi connectivity index (χ3v) is 2.55. The third kappa shape index (κ3) is 3.34. The number of benzene rings is 2. The molecule has 106 valence electrons. The van der Waals surface area contributed by atoms with Gasteiger partial charge in [-0.05, 0) is 36.4 Å². The zero-order valence-electron chi connectivity index (χ0n) is 10.6. The van der Waals surface area contributed by atoms with E-state index in [1.807, 2.05) is 0 Å². The number of nitrogen functional groups attached to an aromatic ring is 1. The van der Waals surface area contributed by atoms with Crippen molar-refractivity contribution in [3.63, 3.8) is 0 Å². The first kappa shape index (κ1) is 14.0. The molecule has 3 nitrogen and oxygen atoms in total. The molecule has 0 saturated heterocycles. The van der Waals surface area contributed by atoms with Gasteiger partial charge in [-0.25, -0.2) is 0 Å². The van der Waals surface area contributed by atoms with Crippen molar-refractivity contribution < 1.29 is 22.6 Å². The van der Waals surface area contributed by atoms with Gasteiger partial charge in [-0.1, -0.05) is 0 Å². The summed E-state index contributed by atoms with van der Waals surface area (Å²) in [4.78, 5) is 0. The topological polar surface area (TPSA) is 44.5 Å². The molecule has 0 aliphatic carbocycles. The minimum atomic E-state index is -4.46. The van der Waals surface area contributed by atoms with Crippen LogP contribution in [0.1, 0.15) is 5.56 Å². The molecule has 0 amide bonds. The van der Waals surface area contributed by atoms with Crippen molar-refractivity contribution in [1.82, 2.24) is 0 Å². The summed E-state index contributed by atoms with van der Waals surface area (Å²) >= 11 is 0. The maximum atomic E-state index is 12.7. The molecule has 2 rings (SSSR count). The van der Waals surface area contributed by atoms with Crippen molar-refractivity contribution in [2.24, 2.45) is 0 Å². The van der Waals surface area contributed by atoms with Crippen LogP contribution in [0.4, 0.5) is 18.9 Å². The highest BCUT2D eigenvalue weighted by molar-refractivity contribution is 5.49. The largest absolute Gasteiger partial charge is 0.497 e. The van der Waals surface area contributed by atoms with Gasteiger partial charge in [-0.2, -0.15) is 13.2 Å². The minimum absolute atomic E-state index is 0.0108. The summed E-state index contributed by atoms with van der Waals surface area (Å²) in [7, 11) is 1.52. The molecule has 0 aliphatic rings. The number of hydrogen-bond acceptors (Lipinski definition) is 3. The number of halogens is 3. The first-order valence-electron chi connectivity index (χ1n) is 5.68. The Morgan fingerprint density at radius 3 is 2.05 bits per heavy atom. The SMILES string of the molecule is COc1ccc(Oc2cc(N)cc(C(F)(F)F)c2)cc1. The Hall–Kier alpha value is -2.37. The van der Waals surface area contributed by atoms with E-state index in [-0.39, 0.29) is 11.4 Å². The number of alkyl halides is 3. The quantitative estimate of drug-likeness (QED) is 0.863. The van der Waals surface area contributed by atoms with Crippen LogP contribution < -0.4 is 15.2 Å². The monoisotopic (exact) mass is 283 g/mol. The summed E-state index contributed by atoms with van der Waals surface area (Å²) in [6.07, 6.45) is -4.46. The van der Waals surface area contributed by atoms with Gasteiger partial charge in [0.1, 0.15) is 17.2 Å². The molecule has 0 unspecified atom stereocenters. The Morgan fingerprint density at radius 1 is 0.900 bits per heavy atom. The summed E-state index contributed by atoms with van der Waals surface area (Å²) in [5.41, 5.74) is 4.60. The molecule has 0 saturated carbocycles. The van der Waals surface area contributed by atoms with E-state index in [1.54, 1.807) is 24.3 Å². The van der Waals surface area contributed by atoms with Gasteiger partial charge in [0.05, 0.1) is 12.7 Å². The molecule has 6 heteroatoms. The molecular weight excluding hydrogens is 271 g/mol. The minimum Gasteiger partial charge on any atom is -0.497 e. The molecule has 0 fully saturated rings. The number of hydrogen-bond donors (Lipinski definition) is 1. The fourth-order valence-corrected chi connectivity index (χ4v) is 1.62. The first-order chi connectivity index (χ1) is 9.38. The van der Waals surface area contributed by atoms with Gasteiger partial charge in [0.25, 0.3) is 0 Å². The van der Waals surface area contributed by atoms with Gasteiger partial charge in [0.2, 0.25) is 0 Å². The normalized spacial score (nSPS) is 11.2. The summed E-state index contributed by atoms with van der Waals surface area (Å²) in [6.45, 7) is 0. The lowest BCUT2D eigenvalue weighted by atomic mass is 10.2. The Bertz CT molecular complexity index is 594. The van der Waals surface area contributed by atoms with Crippen LogP contribution in [0.2, 0.25) is 0 Å². The number of nitrogens with two attached hydrogens (primary N) is 1. The van der Waals surface area contributed by atoms with Gasteiger partial charge in [0, 0.05) is 11.8 Å². The van der Waals surface area contributed by atoms with Gasteiger partial charge in [-0.3, -0.25) is 0 Å². The van der Waals surface area contributed by atoms with Crippen LogP contribution in [0.5, 0.6) is 17.2 Å². The van der Waals surface area contributed by atoms with E-state index >= 15 is 0 Å². The Morgan fingerprint density at radius 2 is 1.50 bits per heavy atom. The predicted octanol–water partition coefficient (Wildman–Crippen LogP) is 4.09. The van der Waals surface area contributed by atoms with Gasteiger partial charge in [0.15, 0.2) is 0 Å². The predicted molar refractivity (Wildman–Crippen MR) is 68.9 cm³/mol. The van der Waals surface area contributed by atoms with Crippen LogP contribution in [0, 0.1) is 0 Å². The smallest absolute Gasteiger partial charge is 0.416 e. The zero-order valence-corrected chi connectivity index (χ0v) is 10.6. The van der Waals surface area contributed by atoms with Crippen molar-refractivity contribution in [1.29, 1.82) is 0 Å². The highest BCUT2D eigenvalue weighted by atomic mass is 19.4. The number of ether oxygens (including phenoxy) is 2. The van der Waals surface area contributed by atoms with Crippen molar-refractivity contribution in [3.8, 4) is 17.2 Å². The summed E-state index contributed by atoms with van der Waals surface area (Å²) < 4.78 is 48.3. The lowest BCUT2D eigenvalue weighted by molar-refractivity contribution is -0.137. The average molecular weight is 283 g/mol. The standard InChI is InChI=1S/C14H12F3NO2/c1-19-11-2-4-12(5-3-11)20-13-7-9(14(15,16)17)6-10(18)8-13/h2-8H,18H2,1H3. The summed E-state index contributed by atoms with van der Waals surface area (Å²) in [5, 5.41) is 0. The molecule has 0 heterocycles. The average Bonchev–Trinajstić information content (AvgIpc) is 2.38. The van der Waals surface area contributed by atoms with Crippen LogP contribution in [-0.2, 0) is 6.18 Å². The molecule has 0 atom stereocenters. The van der Waals surface area contributed by atoms with Gasteiger partial charge >= 0.3 is 6.18 Å². The van der Waals surface area contributed by atoms with Crippen LogP contribution in [0.15, 0.2) is 42.5 Å². The summed E-state index contributed by atoms with van der Waals surface area (Å²) in [6, 6.07) is 9.57. The highest BCUT2D eigenvalue weighted by Gasteiger charge is 2.31. The Kier molecular flexibility index (Phi) is 3.74. The summed E-state index contributed by atoms with van der Waals surface area (Å²) in [5.74, 6) is 1.05. The van der Waals surface area contributed by atoms with Crippen molar-refractivity contribution in [3.05, 3.63) is 48.0 Å². The molecule has 2 aromatic carbocycles. The second-order valence-corrected chi connectivity index (χ2v) is 4.07. The molecule has 20 heavy (non-hydrogen) atoms. The lowest BCUT2D eigenvalue weighted by Gasteiger charge is -2.11. The van der Waals surface area contributed by atoms with Crippen molar-refractivity contribution in [2.45, 2.75) is 6.18 Å². The second-order valence-electron chi connectivity index (χ2n) is 4.07. The van der Waals surface area contributed by atoms with E-state index in [0.29, 0.717) is 11.5 Å². The molecule has 2 aromatic rings. The van der Waals surface area contributed by atoms with Crippen LogP contribution in [0.3, 0.4) is 0 Å². The van der Waals surface area contributed by atoms with E-state index in [4.69, 9.17) is 15.2 Å². The van der Waals surface area contributed by atoms with Crippen molar-refractivity contribution >= 4 is 5.69 Å². The Labute approximate surface area is 113 Å². The second kappa shape index (κ2) is 5.32. The highest BCUT2D eigenvalue weighted by Crippen LogP contribution is 2.34. The number of rotatable bonds is 3.